The van der Waals surface area contributed by atoms with Gasteiger partial charge in [0.1, 0.15) is 5.75 Å². The lowest BCUT2D eigenvalue weighted by Gasteiger charge is -2.10. The van der Waals surface area contributed by atoms with Gasteiger partial charge in [-0.15, -0.1) is 0 Å². The maximum Gasteiger partial charge on any atom is 0.252 e. The predicted octanol–water partition coefficient (Wildman–Crippen LogP) is 1.14. The first-order valence-corrected chi connectivity index (χ1v) is 4.88. The first-order valence-electron chi connectivity index (χ1n) is 4.88. The molecule has 5 nitrogen and oxygen atoms in total. The van der Waals surface area contributed by atoms with E-state index in [1.54, 1.807) is 19.1 Å². The lowest BCUT2D eigenvalue weighted by atomic mass is 10.1. The maximum absolute atomic E-state index is 11.1. The van der Waals surface area contributed by atoms with Crippen LogP contribution in [0.1, 0.15) is 24.2 Å². The minimum Gasteiger partial charge on any atom is -0.493 e. The van der Waals surface area contributed by atoms with Gasteiger partial charge in [0, 0.05) is 18.7 Å². The first-order chi connectivity index (χ1) is 7.54. The SMILES string of the molecule is CCOc1cc(NC(C)=O)ccc1C(N)=O. The molecule has 1 rings (SSSR count). The van der Waals surface area contributed by atoms with Crippen LogP contribution in [0.15, 0.2) is 18.2 Å². The van der Waals surface area contributed by atoms with Crippen LogP contribution in [0, 0.1) is 0 Å². The molecular weight excluding hydrogens is 208 g/mol. The Hall–Kier alpha value is -2.04. The van der Waals surface area contributed by atoms with Crippen LogP contribution in [-0.4, -0.2) is 18.4 Å². The second-order valence-electron chi connectivity index (χ2n) is 3.19. The number of benzene rings is 1. The molecular formula is C11H14N2O3. The summed E-state index contributed by atoms with van der Waals surface area (Å²) in [4.78, 5) is 21.9. The van der Waals surface area contributed by atoms with E-state index in [1.807, 2.05) is 0 Å². The highest BCUT2D eigenvalue weighted by atomic mass is 16.5. The number of hydrogen-bond donors (Lipinski definition) is 2. The largest absolute Gasteiger partial charge is 0.493 e. The number of nitrogens with two attached hydrogens (primary N) is 1. The summed E-state index contributed by atoms with van der Waals surface area (Å²) in [6, 6.07) is 4.70. The number of nitrogens with one attached hydrogen (secondary N) is 1. The van der Waals surface area contributed by atoms with Gasteiger partial charge in [-0.2, -0.15) is 0 Å². The van der Waals surface area contributed by atoms with Crippen molar-refractivity contribution in [1.82, 2.24) is 0 Å². The smallest absolute Gasteiger partial charge is 0.252 e. The summed E-state index contributed by atoms with van der Waals surface area (Å²) in [5.41, 5.74) is 6.06. The van der Waals surface area contributed by atoms with E-state index < -0.39 is 5.91 Å². The number of hydrogen-bond acceptors (Lipinski definition) is 3. The Labute approximate surface area is 93.6 Å². The van der Waals surface area contributed by atoms with Crippen LogP contribution < -0.4 is 15.8 Å². The predicted molar refractivity (Wildman–Crippen MR) is 60.4 cm³/mol. The Kier molecular flexibility index (Phi) is 3.88. The number of ether oxygens (including phenoxy) is 1. The zero-order valence-corrected chi connectivity index (χ0v) is 9.24. The Morgan fingerprint density at radius 1 is 1.44 bits per heavy atom. The van der Waals surface area contributed by atoms with Gasteiger partial charge in [0.25, 0.3) is 5.91 Å². The highest BCUT2D eigenvalue weighted by Gasteiger charge is 2.10. The van der Waals surface area contributed by atoms with Crippen LogP contribution in [0.2, 0.25) is 0 Å². The fourth-order valence-electron chi connectivity index (χ4n) is 1.28. The molecule has 1 aromatic rings. The topological polar surface area (TPSA) is 81.4 Å². The maximum atomic E-state index is 11.1. The van der Waals surface area contributed by atoms with Crippen molar-refractivity contribution in [3.8, 4) is 5.75 Å². The van der Waals surface area contributed by atoms with Crippen molar-refractivity contribution in [2.24, 2.45) is 5.73 Å². The quantitative estimate of drug-likeness (QED) is 0.801. The molecule has 0 saturated carbocycles. The van der Waals surface area contributed by atoms with Gasteiger partial charge in [-0.25, -0.2) is 0 Å². The third kappa shape index (κ3) is 2.98. The van der Waals surface area contributed by atoms with Crippen LogP contribution in [-0.2, 0) is 4.79 Å². The van der Waals surface area contributed by atoms with Gasteiger partial charge in [-0.3, -0.25) is 9.59 Å². The average Bonchev–Trinajstić information content (AvgIpc) is 2.17. The van der Waals surface area contributed by atoms with Gasteiger partial charge in [-0.1, -0.05) is 0 Å². The van der Waals surface area contributed by atoms with E-state index in [0.717, 1.165) is 0 Å². The van der Waals surface area contributed by atoms with E-state index in [2.05, 4.69) is 5.32 Å². The lowest BCUT2D eigenvalue weighted by molar-refractivity contribution is -0.114. The highest BCUT2D eigenvalue weighted by Crippen LogP contribution is 2.23. The normalized spacial score (nSPS) is 9.62. The fraction of sp³-hybridized carbons (Fsp3) is 0.273. The van der Waals surface area contributed by atoms with E-state index in [9.17, 15) is 9.59 Å². The van der Waals surface area contributed by atoms with Gasteiger partial charge in [0.05, 0.1) is 12.2 Å². The summed E-state index contributed by atoms with van der Waals surface area (Å²) in [5.74, 6) is -0.367. The number of primary amides is 1. The standard InChI is InChI=1S/C11H14N2O3/c1-3-16-10-6-8(13-7(2)14)4-5-9(10)11(12)15/h4-6H,3H2,1-2H3,(H2,12,15)(H,13,14). The third-order valence-electron chi connectivity index (χ3n) is 1.87. The van der Waals surface area contributed by atoms with E-state index in [0.29, 0.717) is 23.6 Å². The minimum atomic E-state index is -0.558. The Morgan fingerprint density at radius 3 is 2.62 bits per heavy atom. The summed E-state index contributed by atoms with van der Waals surface area (Å²) >= 11 is 0. The Bertz CT molecular complexity index is 416. The van der Waals surface area contributed by atoms with Crippen LogP contribution in [0.4, 0.5) is 5.69 Å². The van der Waals surface area contributed by atoms with E-state index in [-0.39, 0.29) is 5.91 Å². The molecule has 0 heterocycles. The van der Waals surface area contributed by atoms with Crippen molar-refractivity contribution in [3.63, 3.8) is 0 Å². The van der Waals surface area contributed by atoms with Crippen molar-refractivity contribution in [1.29, 1.82) is 0 Å². The molecule has 0 fully saturated rings. The molecule has 86 valence electrons. The molecule has 3 N–H and O–H groups in total. The molecule has 0 aliphatic heterocycles. The van der Waals surface area contributed by atoms with Gasteiger partial charge < -0.3 is 15.8 Å². The zero-order valence-electron chi connectivity index (χ0n) is 9.24. The van der Waals surface area contributed by atoms with Crippen LogP contribution in [0.5, 0.6) is 5.75 Å². The number of amides is 2. The number of anilines is 1. The fourth-order valence-corrected chi connectivity index (χ4v) is 1.28. The molecule has 0 aliphatic rings. The molecule has 0 spiro atoms. The lowest BCUT2D eigenvalue weighted by Crippen LogP contribution is -2.14. The number of carbonyl (C=O) groups is 2. The Balaban J connectivity index is 3.06. The molecule has 2 amide bonds. The molecule has 1 aromatic carbocycles. The number of rotatable bonds is 4. The molecule has 0 unspecified atom stereocenters. The molecule has 0 saturated heterocycles. The second kappa shape index (κ2) is 5.16. The van der Waals surface area contributed by atoms with E-state index in [4.69, 9.17) is 10.5 Å². The third-order valence-corrected chi connectivity index (χ3v) is 1.87. The monoisotopic (exact) mass is 222 g/mol. The minimum absolute atomic E-state index is 0.186. The van der Waals surface area contributed by atoms with Gasteiger partial charge >= 0.3 is 0 Å². The van der Waals surface area contributed by atoms with Crippen molar-refractivity contribution in [3.05, 3.63) is 23.8 Å². The van der Waals surface area contributed by atoms with E-state index >= 15 is 0 Å². The van der Waals surface area contributed by atoms with Crippen molar-refractivity contribution in [2.75, 3.05) is 11.9 Å². The summed E-state index contributed by atoms with van der Waals surface area (Å²) in [7, 11) is 0. The first kappa shape index (κ1) is 12.0. The molecule has 0 aliphatic carbocycles. The Morgan fingerprint density at radius 2 is 2.12 bits per heavy atom. The van der Waals surface area contributed by atoms with E-state index in [1.165, 1.54) is 13.0 Å². The van der Waals surface area contributed by atoms with Gasteiger partial charge in [0.2, 0.25) is 5.91 Å². The van der Waals surface area contributed by atoms with Crippen molar-refractivity contribution < 1.29 is 14.3 Å². The van der Waals surface area contributed by atoms with Crippen molar-refractivity contribution in [2.45, 2.75) is 13.8 Å². The number of carbonyl (C=O) groups excluding carboxylic acids is 2. The summed E-state index contributed by atoms with van der Waals surface area (Å²) in [6.07, 6.45) is 0. The van der Waals surface area contributed by atoms with Crippen LogP contribution in [0.3, 0.4) is 0 Å². The molecule has 0 bridgehead atoms. The molecule has 0 atom stereocenters. The highest BCUT2D eigenvalue weighted by molar-refractivity contribution is 5.97. The molecule has 5 heteroatoms. The second-order valence-corrected chi connectivity index (χ2v) is 3.19. The summed E-state index contributed by atoms with van der Waals surface area (Å²) in [5, 5.41) is 2.60. The average molecular weight is 222 g/mol. The zero-order chi connectivity index (χ0) is 12.1. The van der Waals surface area contributed by atoms with Gasteiger partial charge in [-0.05, 0) is 19.1 Å². The van der Waals surface area contributed by atoms with Crippen LogP contribution >= 0.6 is 0 Å². The van der Waals surface area contributed by atoms with Crippen molar-refractivity contribution >= 4 is 17.5 Å². The molecule has 0 aromatic heterocycles. The summed E-state index contributed by atoms with van der Waals surface area (Å²) < 4.78 is 5.27. The van der Waals surface area contributed by atoms with Crippen LogP contribution in [0.25, 0.3) is 0 Å². The summed E-state index contributed by atoms with van der Waals surface area (Å²) in [6.45, 7) is 3.63. The molecule has 16 heavy (non-hydrogen) atoms. The van der Waals surface area contributed by atoms with Gasteiger partial charge in [0.15, 0.2) is 0 Å². The molecule has 0 radical (unpaired) electrons.